The summed E-state index contributed by atoms with van der Waals surface area (Å²) < 4.78 is 0. The van der Waals surface area contributed by atoms with Gasteiger partial charge in [0.25, 0.3) is 0 Å². The van der Waals surface area contributed by atoms with Crippen molar-refractivity contribution in [3.8, 4) is 0 Å². The molecule has 118 valence electrons. The van der Waals surface area contributed by atoms with Gasteiger partial charge in [-0.3, -0.25) is 0 Å². The predicted octanol–water partition coefficient (Wildman–Crippen LogP) is 4.93. The summed E-state index contributed by atoms with van der Waals surface area (Å²) in [4.78, 5) is 2.36. The van der Waals surface area contributed by atoms with Gasteiger partial charge >= 0.3 is 0 Å². The molecule has 1 aromatic carbocycles. The predicted molar refractivity (Wildman–Crippen MR) is 94.1 cm³/mol. The molecule has 1 atom stereocenters. The second-order valence-electron chi connectivity index (χ2n) is 5.62. The van der Waals surface area contributed by atoms with Gasteiger partial charge in [0.05, 0.1) is 11.9 Å². The van der Waals surface area contributed by atoms with Gasteiger partial charge < -0.3 is 10.2 Å². The molecule has 1 N–H and O–H groups in total. The van der Waals surface area contributed by atoms with Crippen LogP contribution >= 0.6 is 0 Å². The molecular weight excluding hydrogens is 256 g/mol. The first-order valence-electron chi connectivity index (χ1n) is 8.40. The van der Waals surface area contributed by atoms with Gasteiger partial charge in [0.2, 0.25) is 0 Å². The highest BCUT2D eigenvalue weighted by Crippen LogP contribution is 2.35. The van der Waals surface area contributed by atoms with Crippen LogP contribution in [0.1, 0.15) is 64.2 Å². The maximum absolute atomic E-state index is 3.59. The Bertz CT molecular complexity index is 488. The van der Waals surface area contributed by atoms with E-state index in [0.717, 1.165) is 0 Å². The third-order valence-corrected chi connectivity index (χ3v) is 3.81. The summed E-state index contributed by atoms with van der Waals surface area (Å²) in [5.74, 6) is 0. The zero-order chi connectivity index (χ0) is 16.0. The summed E-state index contributed by atoms with van der Waals surface area (Å²) in [6.45, 7) is 12.6. The zero-order valence-corrected chi connectivity index (χ0v) is 14.9. The molecule has 21 heavy (non-hydrogen) atoms. The molecule has 1 aliphatic carbocycles. The summed E-state index contributed by atoms with van der Waals surface area (Å²) in [5.41, 5.74) is 7.10. The molecule has 1 aliphatic heterocycles. The van der Waals surface area contributed by atoms with Gasteiger partial charge in [0.1, 0.15) is 0 Å². The standard InChI is InChI=1S/C14H18N2.C3H8.C2H6/c1-9-4-6-12-11(8-9)5-7-13-14(12)15-10(2)16(13)3;1-3-2;1-2/h4,6,8,10,15H,5,7H2,1-3H3;3H2,1-2H3;1-2H3. The van der Waals surface area contributed by atoms with E-state index in [-0.39, 0.29) is 0 Å². The Balaban J connectivity index is 0.000000395. The molecular formula is C19H32N2. The molecule has 0 aromatic heterocycles. The maximum atomic E-state index is 3.59. The first-order chi connectivity index (χ1) is 10.1. The summed E-state index contributed by atoms with van der Waals surface area (Å²) in [7, 11) is 2.18. The number of aryl methyl sites for hydroxylation is 2. The second kappa shape index (κ2) is 8.11. The fourth-order valence-electron chi connectivity index (χ4n) is 2.76. The van der Waals surface area contributed by atoms with Gasteiger partial charge in [0.15, 0.2) is 0 Å². The number of hydrogen-bond donors (Lipinski definition) is 1. The topological polar surface area (TPSA) is 15.3 Å². The Kier molecular flexibility index (Phi) is 6.80. The van der Waals surface area contributed by atoms with E-state index >= 15 is 0 Å². The molecule has 0 saturated heterocycles. The number of allylic oxidation sites excluding steroid dienone is 1. The normalized spacial score (nSPS) is 18.6. The molecule has 2 nitrogen and oxygen atoms in total. The number of nitrogens with zero attached hydrogens (tertiary/aromatic N) is 1. The van der Waals surface area contributed by atoms with Crippen molar-refractivity contribution < 1.29 is 0 Å². The van der Waals surface area contributed by atoms with Crippen molar-refractivity contribution in [1.29, 1.82) is 0 Å². The molecule has 0 radical (unpaired) electrons. The Morgan fingerprint density at radius 1 is 1.19 bits per heavy atom. The van der Waals surface area contributed by atoms with E-state index in [1.165, 1.54) is 47.3 Å². The lowest BCUT2D eigenvalue weighted by Crippen LogP contribution is -2.30. The van der Waals surface area contributed by atoms with E-state index in [2.05, 4.69) is 63.2 Å². The number of fused-ring (bicyclic) bond motifs is 2. The van der Waals surface area contributed by atoms with Crippen LogP contribution in [0.2, 0.25) is 0 Å². The Morgan fingerprint density at radius 3 is 2.43 bits per heavy atom. The van der Waals surface area contributed by atoms with Crippen LogP contribution in [-0.4, -0.2) is 18.1 Å². The first kappa shape index (κ1) is 17.6. The van der Waals surface area contributed by atoms with E-state index in [4.69, 9.17) is 0 Å². The summed E-state index contributed by atoms with van der Waals surface area (Å²) in [6.07, 6.45) is 4.02. The van der Waals surface area contributed by atoms with Crippen LogP contribution in [0.5, 0.6) is 0 Å². The summed E-state index contributed by atoms with van der Waals surface area (Å²) in [5, 5.41) is 3.59. The highest BCUT2D eigenvalue weighted by atomic mass is 15.3. The second-order valence-corrected chi connectivity index (χ2v) is 5.62. The van der Waals surface area contributed by atoms with Crippen LogP contribution in [-0.2, 0) is 6.42 Å². The van der Waals surface area contributed by atoms with Crippen molar-refractivity contribution in [3.63, 3.8) is 0 Å². The molecule has 0 spiro atoms. The summed E-state index contributed by atoms with van der Waals surface area (Å²) in [6, 6.07) is 6.79. The van der Waals surface area contributed by atoms with Crippen molar-refractivity contribution in [2.75, 3.05) is 7.05 Å². The van der Waals surface area contributed by atoms with Gasteiger partial charge in [-0.05, 0) is 32.3 Å². The number of nitrogens with one attached hydrogen (secondary N) is 1. The lowest BCUT2D eigenvalue weighted by molar-refractivity contribution is 0.325. The van der Waals surface area contributed by atoms with Crippen LogP contribution < -0.4 is 5.32 Å². The number of hydrogen-bond acceptors (Lipinski definition) is 2. The van der Waals surface area contributed by atoms with Crippen LogP contribution in [0, 0.1) is 6.92 Å². The van der Waals surface area contributed by atoms with Crippen LogP contribution in [0.15, 0.2) is 23.9 Å². The van der Waals surface area contributed by atoms with Gasteiger partial charge in [-0.25, -0.2) is 0 Å². The minimum atomic E-state index is 0.428. The molecule has 2 aliphatic rings. The molecule has 0 amide bonds. The zero-order valence-electron chi connectivity index (χ0n) is 14.9. The van der Waals surface area contributed by atoms with Gasteiger partial charge in [-0.2, -0.15) is 0 Å². The quantitative estimate of drug-likeness (QED) is 0.728. The average Bonchev–Trinajstić information content (AvgIpc) is 2.77. The minimum absolute atomic E-state index is 0.428. The van der Waals surface area contributed by atoms with Crippen molar-refractivity contribution in [2.45, 2.75) is 67.0 Å². The number of rotatable bonds is 0. The highest BCUT2D eigenvalue weighted by Gasteiger charge is 2.29. The lowest BCUT2D eigenvalue weighted by Gasteiger charge is -2.22. The van der Waals surface area contributed by atoms with Crippen molar-refractivity contribution in [3.05, 3.63) is 40.6 Å². The lowest BCUT2D eigenvalue weighted by atomic mass is 9.91. The Labute approximate surface area is 131 Å². The molecule has 2 heteroatoms. The van der Waals surface area contributed by atoms with Crippen molar-refractivity contribution in [2.24, 2.45) is 0 Å². The molecule has 1 heterocycles. The minimum Gasteiger partial charge on any atom is -0.364 e. The van der Waals surface area contributed by atoms with Crippen LogP contribution in [0.25, 0.3) is 5.70 Å². The molecule has 3 rings (SSSR count). The fourth-order valence-corrected chi connectivity index (χ4v) is 2.76. The first-order valence-corrected chi connectivity index (χ1v) is 8.40. The largest absolute Gasteiger partial charge is 0.364 e. The van der Waals surface area contributed by atoms with E-state index in [1.54, 1.807) is 0 Å². The van der Waals surface area contributed by atoms with E-state index in [9.17, 15) is 0 Å². The van der Waals surface area contributed by atoms with Crippen LogP contribution in [0.4, 0.5) is 0 Å². The van der Waals surface area contributed by atoms with E-state index in [1.807, 2.05) is 13.8 Å². The molecule has 0 bridgehead atoms. The maximum Gasteiger partial charge on any atom is 0.0956 e. The monoisotopic (exact) mass is 288 g/mol. The SMILES string of the molecule is CC.CCC.Cc1ccc2c(c1)CCC1=C2NC(C)N1C. The third kappa shape index (κ3) is 3.81. The van der Waals surface area contributed by atoms with Gasteiger partial charge in [-0.1, -0.05) is 57.9 Å². The summed E-state index contributed by atoms with van der Waals surface area (Å²) >= 11 is 0. The van der Waals surface area contributed by atoms with Gasteiger partial charge in [-0.15, -0.1) is 0 Å². The Hall–Kier alpha value is -1.44. The van der Waals surface area contributed by atoms with Crippen molar-refractivity contribution >= 4 is 5.70 Å². The smallest absolute Gasteiger partial charge is 0.0956 e. The fraction of sp³-hybridized carbons (Fsp3) is 0.579. The third-order valence-electron chi connectivity index (χ3n) is 3.81. The number of benzene rings is 1. The molecule has 0 saturated carbocycles. The molecule has 0 fully saturated rings. The molecule has 1 unspecified atom stereocenters. The van der Waals surface area contributed by atoms with Crippen LogP contribution in [0.3, 0.4) is 0 Å². The van der Waals surface area contributed by atoms with E-state index in [0.29, 0.717) is 6.17 Å². The van der Waals surface area contributed by atoms with E-state index < -0.39 is 0 Å². The van der Waals surface area contributed by atoms with Crippen molar-refractivity contribution in [1.82, 2.24) is 10.2 Å². The Morgan fingerprint density at radius 2 is 1.81 bits per heavy atom. The van der Waals surface area contributed by atoms with Gasteiger partial charge in [0, 0.05) is 18.3 Å². The highest BCUT2D eigenvalue weighted by molar-refractivity contribution is 5.73. The molecule has 1 aromatic rings. The average molecular weight is 288 g/mol.